The van der Waals surface area contributed by atoms with E-state index in [4.69, 9.17) is 19.9 Å². The predicted molar refractivity (Wildman–Crippen MR) is 88.0 cm³/mol. The molecule has 2 heterocycles. The summed E-state index contributed by atoms with van der Waals surface area (Å²) in [5.74, 6) is 2.84. The molecule has 1 aromatic rings. The first kappa shape index (κ1) is 17.2. The number of rotatable bonds is 4. The zero-order valence-electron chi connectivity index (χ0n) is 13.2. The van der Waals surface area contributed by atoms with Gasteiger partial charge in [-0.05, 0) is 49.9 Å². The number of ether oxygens (including phenoxy) is 3. The van der Waals surface area contributed by atoms with Crippen molar-refractivity contribution >= 4 is 12.4 Å². The number of nitrogens with zero attached hydrogens (tertiary/aromatic N) is 1. The van der Waals surface area contributed by atoms with Gasteiger partial charge in [-0.3, -0.25) is 4.90 Å². The number of halogens is 1. The first-order chi connectivity index (χ1) is 10.2. The number of hydrogen-bond donors (Lipinski definition) is 1. The average Bonchev–Trinajstić information content (AvgIpc) is 2.95. The minimum absolute atomic E-state index is 0. The molecule has 3 rings (SSSR count). The smallest absolute Gasteiger partial charge is 0.231 e. The molecule has 1 aromatic carbocycles. The highest BCUT2D eigenvalue weighted by Crippen LogP contribution is 2.42. The third-order valence-electron chi connectivity index (χ3n) is 4.41. The number of likely N-dealkylation sites (tertiary alicyclic amines) is 1. The molecule has 0 saturated carbocycles. The van der Waals surface area contributed by atoms with Gasteiger partial charge in [0.05, 0.1) is 7.11 Å². The Kier molecular flexibility index (Phi) is 5.78. The van der Waals surface area contributed by atoms with E-state index in [1.165, 1.54) is 18.4 Å². The molecule has 22 heavy (non-hydrogen) atoms. The summed E-state index contributed by atoms with van der Waals surface area (Å²) in [5.41, 5.74) is 7.25. The van der Waals surface area contributed by atoms with Gasteiger partial charge in [-0.25, -0.2) is 0 Å². The summed E-state index contributed by atoms with van der Waals surface area (Å²) < 4.78 is 16.3. The van der Waals surface area contributed by atoms with Crippen molar-refractivity contribution in [2.45, 2.75) is 32.4 Å². The van der Waals surface area contributed by atoms with Crippen LogP contribution in [-0.4, -0.2) is 37.9 Å². The highest BCUT2D eigenvalue weighted by atomic mass is 35.5. The van der Waals surface area contributed by atoms with Crippen LogP contribution in [0.1, 0.15) is 25.3 Å². The molecule has 0 aliphatic carbocycles. The van der Waals surface area contributed by atoms with E-state index in [-0.39, 0.29) is 25.2 Å². The second-order valence-corrected chi connectivity index (χ2v) is 6.03. The van der Waals surface area contributed by atoms with Crippen LogP contribution < -0.4 is 19.9 Å². The monoisotopic (exact) mass is 328 g/mol. The fourth-order valence-electron chi connectivity index (χ4n) is 3.20. The van der Waals surface area contributed by atoms with Crippen LogP contribution in [0.15, 0.2) is 12.1 Å². The molecule has 2 atom stereocenters. The van der Waals surface area contributed by atoms with Crippen LogP contribution in [0.5, 0.6) is 17.2 Å². The van der Waals surface area contributed by atoms with Crippen LogP contribution in [-0.2, 0) is 6.54 Å². The largest absolute Gasteiger partial charge is 0.493 e. The molecule has 2 aliphatic rings. The van der Waals surface area contributed by atoms with Gasteiger partial charge >= 0.3 is 0 Å². The first-order valence-corrected chi connectivity index (χ1v) is 7.62. The molecule has 0 radical (unpaired) electrons. The van der Waals surface area contributed by atoms with E-state index in [1.54, 1.807) is 7.11 Å². The minimum atomic E-state index is 0. The molecule has 0 bridgehead atoms. The Morgan fingerprint density at radius 3 is 2.95 bits per heavy atom. The second kappa shape index (κ2) is 7.40. The lowest BCUT2D eigenvalue weighted by atomic mass is 9.92. The average molecular weight is 329 g/mol. The standard InChI is InChI=1S/C16H24N2O3.ClH/c1-11(17)13-4-3-5-18(9-13)8-12-6-14(19-2)16-15(7-12)20-10-21-16;/h6-7,11,13H,3-5,8-10,17H2,1-2H3;1H. The van der Waals surface area contributed by atoms with Crippen molar-refractivity contribution in [3.63, 3.8) is 0 Å². The molecule has 1 fully saturated rings. The SMILES string of the molecule is COc1cc(CN2CCCC(C(C)N)C2)cc2c1OCO2.Cl. The van der Waals surface area contributed by atoms with Crippen LogP contribution in [0, 0.1) is 5.92 Å². The summed E-state index contributed by atoms with van der Waals surface area (Å²) >= 11 is 0. The van der Waals surface area contributed by atoms with Gasteiger partial charge in [0.15, 0.2) is 11.5 Å². The fraction of sp³-hybridized carbons (Fsp3) is 0.625. The van der Waals surface area contributed by atoms with Crippen molar-refractivity contribution in [2.24, 2.45) is 11.7 Å². The molecule has 0 aromatic heterocycles. The first-order valence-electron chi connectivity index (χ1n) is 7.62. The van der Waals surface area contributed by atoms with Crippen molar-refractivity contribution in [3.05, 3.63) is 17.7 Å². The Labute approximate surface area is 138 Å². The lowest BCUT2D eigenvalue weighted by molar-refractivity contribution is 0.154. The number of nitrogens with two attached hydrogens (primary N) is 1. The molecule has 2 aliphatic heterocycles. The summed E-state index contributed by atoms with van der Waals surface area (Å²) in [6, 6.07) is 4.36. The molecular weight excluding hydrogens is 304 g/mol. The van der Waals surface area contributed by atoms with Crippen LogP contribution in [0.2, 0.25) is 0 Å². The maximum Gasteiger partial charge on any atom is 0.231 e. The fourth-order valence-corrected chi connectivity index (χ4v) is 3.20. The molecular formula is C16H25ClN2O3. The van der Waals surface area contributed by atoms with Crippen LogP contribution in [0.4, 0.5) is 0 Å². The summed E-state index contributed by atoms with van der Waals surface area (Å²) in [6.07, 6.45) is 2.45. The zero-order chi connectivity index (χ0) is 14.8. The van der Waals surface area contributed by atoms with Gasteiger partial charge in [-0.15, -0.1) is 12.4 Å². The summed E-state index contributed by atoms with van der Waals surface area (Å²) in [7, 11) is 1.66. The Bertz CT molecular complexity index is 510. The van der Waals surface area contributed by atoms with Crippen LogP contribution in [0.25, 0.3) is 0 Å². The van der Waals surface area contributed by atoms with E-state index in [0.29, 0.717) is 11.7 Å². The number of methoxy groups -OCH3 is 1. The molecule has 1 saturated heterocycles. The maximum atomic E-state index is 6.06. The van der Waals surface area contributed by atoms with Gasteiger partial charge in [0, 0.05) is 19.1 Å². The van der Waals surface area contributed by atoms with Crippen molar-refractivity contribution < 1.29 is 14.2 Å². The van der Waals surface area contributed by atoms with E-state index in [2.05, 4.69) is 17.9 Å². The second-order valence-electron chi connectivity index (χ2n) is 6.03. The summed E-state index contributed by atoms with van der Waals surface area (Å²) in [5, 5.41) is 0. The van der Waals surface area contributed by atoms with Gasteiger partial charge in [-0.1, -0.05) is 0 Å². The van der Waals surface area contributed by atoms with Gasteiger partial charge in [0.2, 0.25) is 12.5 Å². The Morgan fingerprint density at radius 1 is 1.41 bits per heavy atom. The third kappa shape index (κ3) is 3.59. The normalized spacial score (nSPS) is 22.0. The maximum absolute atomic E-state index is 6.06. The highest BCUT2D eigenvalue weighted by Gasteiger charge is 2.24. The van der Waals surface area contributed by atoms with E-state index >= 15 is 0 Å². The van der Waals surface area contributed by atoms with Gasteiger partial charge in [0.25, 0.3) is 0 Å². The van der Waals surface area contributed by atoms with Gasteiger partial charge in [0.1, 0.15) is 0 Å². The lowest BCUT2D eigenvalue weighted by Crippen LogP contribution is -2.41. The number of benzene rings is 1. The van der Waals surface area contributed by atoms with E-state index in [1.807, 2.05) is 6.07 Å². The number of hydrogen-bond acceptors (Lipinski definition) is 5. The molecule has 0 amide bonds. The highest BCUT2D eigenvalue weighted by molar-refractivity contribution is 5.85. The Balaban J connectivity index is 0.00000176. The van der Waals surface area contributed by atoms with E-state index in [9.17, 15) is 0 Å². The Hall–Kier alpha value is -1.17. The molecule has 5 nitrogen and oxygen atoms in total. The number of fused-ring (bicyclic) bond motifs is 1. The van der Waals surface area contributed by atoms with E-state index in [0.717, 1.165) is 31.1 Å². The van der Waals surface area contributed by atoms with Crippen molar-refractivity contribution in [2.75, 3.05) is 27.0 Å². The summed E-state index contributed by atoms with van der Waals surface area (Å²) in [6.45, 7) is 5.47. The van der Waals surface area contributed by atoms with Gasteiger partial charge < -0.3 is 19.9 Å². The predicted octanol–water partition coefficient (Wildman–Crippen LogP) is 2.40. The van der Waals surface area contributed by atoms with Crippen molar-refractivity contribution in [1.29, 1.82) is 0 Å². The summed E-state index contributed by atoms with van der Waals surface area (Å²) in [4.78, 5) is 2.47. The molecule has 124 valence electrons. The molecule has 2 unspecified atom stereocenters. The third-order valence-corrected chi connectivity index (χ3v) is 4.41. The van der Waals surface area contributed by atoms with Crippen molar-refractivity contribution in [3.8, 4) is 17.2 Å². The molecule has 2 N–H and O–H groups in total. The molecule has 6 heteroatoms. The van der Waals surface area contributed by atoms with E-state index < -0.39 is 0 Å². The van der Waals surface area contributed by atoms with Crippen molar-refractivity contribution in [1.82, 2.24) is 4.90 Å². The van der Waals surface area contributed by atoms with Crippen LogP contribution >= 0.6 is 12.4 Å². The lowest BCUT2D eigenvalue weighted by Gasteiger charge is -2.34. The molecule has 0 spiro atoms. The number of piperidine rings is 1. The topological polar surface area (TPSA) is 57.0 Å². The quantitative estimate of drug-likeness (QED) is 0.919. The zero-order valence-corrected chi connectivity index (χ0v) is 14.0. The van der Waals surface area contributed by atoms with Crippen LogP contribution in [0.3, 0.4) is 0 Å². The van der Waals surface area contributed by atoms with Gasteiger partial charge in [-0.2, -0.15) is 0 Å². The Morgan fingerprint density at radius 2 is 2.23 bits per heavy atom. The minimum Gasteiger partial charge on any atom is -0.493 e.